The molecule has 0 radical (unpaired) electrons. The van der Waals surface area contributed by atoms with Crippen LogP contribution in [0.4, 0.5) is 5.69 Å². The van der Waals surface area contributed by atoms with Crippen LogP contribution in [0.3, 0.4) is 0 Å². The number of nitrogens with one attached hydrogen (secondary N) is 3. The highest BCUT2D eigenvalue weighted by atomic mass is 32.2. The second-order valence-corrected chi connectivity index (χ2v) is 18.1. The van der Waals surface area contributed by atoms with Crippen molar-refractivity contribution in [3.63, 3.8) is 0 Å². The molecule has 3 amide bonds. The molecule has 0 unspecified atom stereocenters. The van der Waals surface area contributed by atoms with Crippen molar-refractivity contribution in [3.8, 4) is 22.5 Å². The van der Waals surface area contributed by atoms with E-state index < -0.39 is 58.3 Å². The fourth-order valence-corrected chi connectivity index (χ4v) is 9.23. The maximum atomic E-state index is 14.0. The first-order valence-electron chi connectivity index (χ1n) is 20.6. The Kier molecular flexibility index (Phi) is 14.9. The summed E-state index contributed by atoms with van der Waals surface area (Å²) in [7, 11) is -5.01. The van der Waals surface area contributed by atoms with Crippen molar-refractivity contribution >= 4 is 65.5 Å². The van der Waals surface area contributed by atoms with Gasteiger partial charge in [-0.15, -0.1) is 0 Å². The molecule has 1 aliphatic heterocycles. The SMILES string of the molecule is CNN(C)Cc1cc2ccccc2n1CCC(=O)NCCCCCNC(=O)CCCN(C)C(=O)c1ccccc1-c1c2ccc(=[NH2+])c(S(=O)(=O)O)c-2oc2c(S(=O)(=O)[O-])c(N)ccc12. The van der Waals surface area contributed by atoms with Crippen LogP contribution in [0, 0.1) is 0 Å². The highest BCUT2D eigenvalue weighted by Crippen LogP contribution is 2.45. The van der Waals surface area contributed by atoms with Gasteiger partial charge in [0.15, 0.2) is 11.3 Å². The van der Waals surface area contributed by atoms with E-state index in [-0.39, 0.29) is 52.4 Å². The summed E-state index contributed by atoms with van der Waals surface area (Å²) in [6.07, 6.45) is 3.09. The van der Waals surface area contributed by atoms with Gasteiger partial charge >= 0.3 is 10.1 Å². The normalized spacial score (nSPS) is 12.0. The summed E-state index contributed by atoms with van der Waals surface area (Å²) in [5, 5.41) is 14.5. The molecule has 0 bridgehead atoms. The number of unbranched alkanes of at least 4 members (excludes halogenated alkanes) is 2. The number of aromatic nitrogens is 1. The number of nitrogen functional groups attached to an aromatic ring is 1. The monoisotopic (exact) mass is 916 g/mol. The molecule has 2 heterocycles. The summed E-state index contributed by atoms with van der Waals surface area (Å²) in [6.45, 7) is 2.41. The van der Waals surface area contributed by atoms with Gasteiger partial charge in [-0.05, 0) is 80.1 Å². The van der Waals surface area contributed by atoms with E-state index in [2.05, 4.69) is 38.8 Å². The van der Waals surface area contributed by atoms with Crippen molar-refractivity contribution in [2.75, 3.05) is 46.5 Å². The van der Waals surface area contributed by atoms with Crippen molar-refractivity contribution in [3.05, 3.63) is 95.5 Å². The lowest BCUT2D eigenvalue weighted by Crippen LogP contribution is -2.47. The van der Waals surface area contributed by atoms with Gasteiger partial charge in [0.05, 0.1) is 12.2 Å². The van der Waals surface area contributed by atoms with Gasteiger partial charge in [0, 0.05) is 92.5 Å². The van der Waals surface area contributed by atoms with Crippen LogP contribution in [0.25, 0.3) is 44.3 Å². The molecule has 64 heavy (non-hydrogen) atoms. The Bertz CT molecular complexity index is 2970. The van der Waals surface area contributed by atoms with E-state index in [1.807, 2.05) is 31.2 Å². The maximum Gasteiger partial charge on any atom is 0.304 e. The molecule has 340 valence electrons. The second kappa shape index (κ2) is 20.1. The first-order valence-corrected chi connectivity index (χ1v) is 23.4. The summed E-state index contributed by atoms with van der Waals surface area (Å²) < 4.78 is 80.6. The highest BCUT2D eigenvalue weighted by molar-refractivity contribution is 7.86. The quantitative estimate of drug-likeness (QED) is 0.0212. The smallest absolute Gasteiger partial charge is 0.304 e. The van der Waals surface area contributed by atoms with Gasteiger partial charge in [0.1, 0.15) is 15.0 Å². The molecule has 6 rings (SSSR count). The number of rotatable bonds is 20. The summed E-state index contributed by atoms with van der Waals surface area (Å²) in [5.74, 6) is -1.26. The van der Waals surface area contributed by atoms with E-state index in [0.717, 1.165) is 35.9 Å². The van der Waals surface area contributed by atoms with Crippen molar-refractivity contribution in [1.29, 1.82) is 0 Å². The number of hydrazine groups is 1. The lowest BCUT2D eigenvalue weighted by molar-refractivity contribution is -0.176. The zero-order valence-electron chi connectivity index (χ0n) is 35.7. The zero-order chi connectivity index (χ0) is 46.3. The molecule has 0 saturated carbocycles. The maximum absolute atomic E-state index is 14.0. The Morgan fingerprint density at radius 3 is 2.20 bits per heavy atom. The third-order valence-electron chi connectivity index (χ3n) is 10.9. The molecule has 0 saturated heterocycles. The second-order valence-electron chi connectivity index (χ2n) is 15.4. The van der Waals surface area contributed by atoms with Crippen LogP contribution in [0.5, 0.6) is 0 Å². The molecular formula is C44H52N8O10S2. The first kappa shape index (κ1) is 47.3. The topological polar surface area (TPSA) is 275 Å². The summed E-state index contributed by atoms with van der Waals surface area (Å²) in [5.41, 5.74) is 10.6. The molecule has 1 aliphatic carbocycles. The number of fused-ring (bicyclic) bond motifs is 3. The van der Waals surface area contributed by atoms with Crippen molar-refractivity contribution < 1.29 is 50.2 Å². The molecule has 1 aromatic heterocycles. The third-order valence-corrected chi connectivity index (χ3v) is 12.8. The van der Waals surface area contributed by atoms with E-state index in [1.54, 1.807) is 25.2 Å². The van der Waals surface area contributed by atoms with Crippen LogP contribution in [-0.4, -0.2) is 98.9 Å². The Morgan fingerprint density at radius 2 is 1.52 bits per heavy atom. The van der Waals surface area contributed by atoms with Crippen LogP contribution >= 0.6 is 0 Å². The number of nitrogens with zero attached hydrogens (tertiary/aromatic N) is 3. The first-order chi connectivity index (χ1) is 30.4. The molecule has 20 heteroatoms. The lowest BCUT2D eigenvalue weighted by atomic mass is 9.90. The molecular weight excluding hydrogens is 865 g/mol. The fraction of sp³-hybridized carbons (Fsp3) is 0.318. The number of hydrogen-bond donors (Lipinski definition) is 6. The average Bonchev–Trinajstić information content (AvgIpc) is 3.59. The molecule has 8 N–H and O–H groups in total. The molecule has 0 fully saturated rings. The Morgan fingerprint density at radius 1 is 0.844 bits per heavy atom. The number of amides is 3. The summed E-state index contributed by atoms with van der Waals surface area (Å²) in [6, 6.07) is 21.7. The third kappa shape index (κ3) is 10.8. The molecule has 18 nitrogen and oxygen atoms in total. The minimum absolute atomic E-state index is 0.00647. The van der Waals surface area contributed by atoms with Crippen LogP contribution in [0.2, 0.25) is 0 Å². The highest BCUT2D eigenvalue weighted by Gasteiger charge is 2.32. The van der Waals surface area contributed by atoms with Gasteiger partial charge in [-0.25, -0.2) is 13.4 Å². The molecule has 0 spiro atoms. The Hall–Kier alpha value is -6.16. The summed E-state index contributed by atoms with van der Waals surface area (Å²) >= 11 is 0. The van der Waals surface area contributed by atoms with E-state index in [4.69, 9.17) is 15.6 Å². The largest absolute Gasteiger partial charge is 0.744 e. The van der Waals surface area contributed by atoms with Gasteiger partial charge in [-0.1, -0.05) is 36.4 Å². The van der Waals surface area contributed by atoms with E-state index in [0.29, 0.717) is 39.0 Å². The number of carbonyl (C=O) groups is 3. The van der Waals surface area contributed by atoms with Crippen LogP contribution in [0.15, 0.2) is 93.1 Å². The van der Waals surface area contributed by atoms with Gasteiger partial charge in [-0.3, -0.25) is 29.8 Å². The average molecular weight is 917 g/mol. The van der Waals surface area contributed by atoms with Gasteiger partial charge < -0.3 is 34.8 Å². The number of aryl methyl sites for hydroxylation is 1. The van der Waals surface area contributed by atoms with Crippen molar-refractivity contribution in [2.24, 2.45) is 0 Å². The number of anilines is 1. The predicted octanol–water partition coefficient (Wildman–Crippen LogP) is 2.46. The van der Waals surface area contributed by atoms with E-state index in [9.17, 15) is 40.3 Å². The number of hydrogen-bond acceptors (Lipinski definition) is 12. The summed E-state index contributed by atoms with van der Waals surface area (Å²) in [4.78, 5) is 39.0. The number of para-hydroxylation sites is 1. The minimum Gasteiger partial charge on any atom is -0.744 e. The van der Waals surface area contributed by atoms with Crippen molar-refractivity contribution in [1.82, 2.24) is 30.5 Å². The molecule has 2 aliphatic rings. The number of nitrogens with two attached hydrogens (primary N) is 2. The Balaban J connectivity index is 1.02. The number of carbonyl (C=O) groups excluding carboxylic acids is 3. The zero-order valence-corrected chi connectivity index (χ0v) is 37.4. The molecule has 0 atom stereocenters. The lowest BCUT2D eigenvalue weighted by Gasteiger charge is -2.23. The van der Waals surface area contributed by atoms with Crippen LogP contribution in [-0.2, 0) is 42.9 Å². The van der Waals surface area contributed by atoms with Gasteiger partial charge in [0.2, 0.25) is 22.1 Å². The van der Waals surface area contributed by atoms with E-state index >= 15 is 0 Å². The standard InChI is InChI=1S/C44H52N8O10S2/c1-47-51(3)27-29-26-28-12-5-8-15-36(28)52(29)25-21-38(54)49-23-10-4-9-22-48-37(53)16-11-24-50(2)44(55)31-14-7-6-13-30(31)39-32-17-19-34(45)42(63(56,57)58)40(32)62-41-33(39)18-20-35(46)43(41)64(59,60)61/h5-8,12-15,17-20,26,45,47H,4,9-11,16,21-25,27,46H2,1-3H3,(H,48,53)(H,49,54)(H,56,57,58)(H,59,60,61). The van der Waals surface area contributed by atoms with Crippen molar-refractivity contribution in [2.45, 2.75) is 61.4 Å². The fourth-order valence-electron chi connectivity index (χ4n) is 7.74. The number of benzene rings is 4. The predicted molar refractivity (Wildman–Crippen MR) is 239 cm³/mol. The van der Waals surface area contributed by atoms with E-state index in [1.165, 1.54) is 35.2 Å². The van der Waals surface area contributed by atoms with Crippen LogP contribution < -0.4 is 32.6 Å². The van der Waals surface area contributed by atoms with Gasteiger partial charge in [-0.2, -0.15) is 8.42 Å². The van der Waals surface area contributed by atoms with Gasteiger partial charge in [0.25, 0.3) is 5.91 Å². The van der Waals surface area contributed by atoms with Crippen LogP contribution in [0.1, 0.15) is 54.6 Å². The molecule has 3 aromatic carbocycles. The Labute approximate surface area is 370 Å². The minimum atomic E-state index is -5.31. The molecule has 4 aromatic rings.